The van der Waals surface area contributed by atoms with Gasteiger partial charge in [0.15, 0.2) is 0 Å². The minimum absolute atomic E-state index is 0.361. The van der Waals surface area contributed by atoms with Crippen molar-refractivity contribution in [1.82, 2.24) is 0 Å². The van der Waals surface area contributed by atoms with Crippen LogP contribution in [0.15, 0.2) is 18.2 Å². The highest BCUT2D eigenvalue weighted by Gasteiger charge is 2.31. The fraction of sp³-hybridized carbons (Fsp3) is 0.333. The second-order valence-corrected chi connectivity index (χ2v) is 2.95. The number of benzene rings is 1. The summed E-state index contributed by atoms with van der Waals surface area (Å²) in [5.74, 6) is -0.587. The van der Waals surface area contributed by atoms with Crippen LogP contribution >= 0.6 is 0 Å². The second-order valence-electron chi connectivity index (χ2n) is 2.95. The summed E-state index contributed by atoms with van der Waals surface area (Å²) in [6, 6.07) is 3.07. The van der Waals surface area contributed by atoms with Crippen LogP contribution in [0.1, 0.15) is 12.5 Å². The van der Waals surface area contributed by atoms with Gasteiger partial charge in [0.2, 0.25) is 0 Å². The van der Waals surface area contributed by atoms with E-state index in [9.17, 15) is 23.3 Å². The number of rotatable bonds is 3. The Bertz CT molecular complexity index is 403. The monoisotopic (exact) mass is 235 g/mol. The van der Waals surface area contributed by atoms with Gasteiger partial charge in [0.25, 0.3) is 5.69 Å². The van der Waals surface area contributed by atoms with E-state index in [-0.39, 0.29) is 5.69 Å². The molecule has 4 nitrogen and oxygen atoms in total. The molecule has 1 aromatic rings. The average molecular weight is 235 g/mol. The molecule has 0 bridgehead atoms. The molecule has 0 atom stereocenters. The van der Waals surface area contributed by atoms with E-state index in [2.05, 4.69) is 4.74 Å². The van der Waals surface area contributed by atoms with Gasteiger partial charge in [-0.1, -0.05) is 6.92 Å². The van der Waals surface area contributed by atoms with Gasteiger partial charge in [-0.3, -0.25) is 10.1 Å². The van der Waals surface area contributed by atoms with Crippen molar-refractivity contribution in [1.29, 1.82) is 0 Å². The average Bonchev–Trinajstić information content (AvgIpc) is 2.15. The number of hydrogen-bond donors (Lipinski definition) is 0. The van der Waals surface area contributed by atoms with Gasteiger partial charge in [0.1, 0.15) is 5.75 Å². The van der Waals surface area contributed by atoms with E-state index in [1.165, 1.54) is 6.07 Å². The number of ether oxygens (including phenoxy) is 1. The normalized spacial score (nSPS) is 11.2. The zero-order chi connectivity index (χ0) is 12.3. The zero-order valence-electron chi connectivity index (χ0n) is 8.25. The molecule has 0 aliphatic heterocycles. The molecule has 0 spiro atoms. The van der Waals surface area contributed by atoms with Gasteiger partial charge in [-0.05, 0) is 18.6 Å². The van der Waals surface area contributed by atoms with Crippen LogP contribution in [0, 0.1) is 10.1 Å². The highest BCUT2D eigenvalue weighted by atomic mass is 19.4. The zero-order valence-corrected chi connectivity index (χ0v) is 8.25. The quantitative estimate of drug-likeness (QED) is 0.597. The molecular weight excluding hydrogens is 227 g/mol. The molecule has 0 heterocycles. The molecule has 7 heteroatoms. The lowest BCUT2D eigenvalue weighted by atomic mass is 10.1. The minimum atomic E-state index is -4.85. The van der Waals surface area contributed by atoms with Crippen molar-refractivity contribution in [3.8, 4) is 5.75 Å². The Hall–Kier alpha value is -1.79. The van der Waals surface area contributed by atoms with Gasteiger partial charge in [-0.25, -0.2) is 0 Å². The van der Waals surface area contributed by atoms with Crippen LogP contribution in [0.2, 0.25) is 0 Å². The van der Waals surface area contributed by atoms with Crippen molar-refractivity contribution in [3.63, 3.8) is 0 Å². The maximum atomic E-state index is 11.9. The highest BCUT2D eigenvalue weighted by molar-refractivity contribution is 5.46. The van der Waals surface area contributed by atoms with E-state index < -0.39 is 17.0 Å². The summed E-state index contributed by atoms with van der Waals surface area (Å²) in [5, 5.41) is 10.6. The lowest BCUT2D eigenvalue weighted by molar-refractivity contribution is -0.385. The molecule has 0 aliphatic carbocycles. The fourth-order valence-corrected chi connectivity index (χ4v) is 1.21. The molecule has 88 valence electrons. The van der Waals surface area contributed by atoms with Crippen LogP contribution in [0.5, 0.6) is 5.75 Å². The molecule has 0 aliphatic rings. The third-order valence-electron chi connectivity index (χ3n) is 1.87. The van der Waals surface area contributed by atoms with E-state index in [0.29, 0.717) is 12.0 Å². The molecule has 0 fully saturated rings. The highest BCUT2D eigenvalue weighted by Crippen LogP contribution is 2.29. The van der Waals surface area contributed by atoms with E-state index in [4.69, 9.17) is 0 Å². The number of alkyl halides is 3. The smallest absolute Gasteiger partial charge is 0.406 e. The molecule has 16 heavy (non-hydrogen) atoms. The van der Waals surface area contributed by atoms with Crippen LogP contribution in [-0.4, -0.2) is 11.3 Å². The van der Waals surface area contributed by atoms with Gasteiger partial charge in [0, 0.05) is 5.56 Å². The molecule has 0 unspecified atom stereocenters. The maximum absolute atomic E-state index is 11.9. The number of nitro groups is 1. The molecule has 0 saturated heterocycles. The molecule has 0 saturated carbocycles. The Balaban J connectivity index is 3.07. The Kier molecular flexibility index (Phi) is 3.36. The van der Waals surface area contributed by atoms with E-state index in [0.717, 1.165) is 12.1 Å². The molecule has 0 amide bonds. The standard InChI is InChI=1S/C9H8F3NO3/c1-2-6-3-4-7(16-9(10,11)12)5-8(6)13(14)15/h3-5H,2H2,1H3. The lowest BCUT2D eigenvalue weighted by Crippen LogP contribution is -2.17. The first kappa shape index (κ1) is 12.3. The topological polar surface area (TPSA) is 52.4 Å². The Labute approximate surface area is 88.8 Å². The number of nitrogens with zero attached hydrogens (tertiary/aromatic N) is 1. The summed E-state index contributed by atoms with van der Waals surface area (Å²) in [6.45, 7) is 1.67. The van der Waals surface area contributed by atoms with Crippen LogP contribution in [0.25, 0.3) is 0 Å². The first-order valence-electron chi connectivity index (χ1n) is 4.36. The lowest BCUT2D eigenvalue weighted by Gasteiger charge is -2.09. The predicted molar refractivity (Wildman–Crippen MR) is 49.2 cm³/mol. The van der Waals surface area contributed by atoms with Gasteiger partial charge < -0.3 is 4.74 Å². The first-order valence-corrected chi connectivity index (χ1v) is 4.36. The molecule has 1 aromatic carbocycles. The minimum Gasteiger partial charge on any atom is -0.406 e. The first-order chi connectivity index (χ1) is 7.33. The van der Waals surface area contributed by atoms with Crippen LogP contribution in [-0.2, 0) is 6.42 Å². The van der Waals surface area contributed by atoms with Gasteiger partial charge in [-0.2, -0.15) is 0 Å². The SMILES string of the molecule is CCc1ccc(OC(F)(F)F)cc1[N+](=O)[O-]. The number of halogens is 3. The van der Waals surface area contributed by atoms with Crippen molar-refractivity contribution < 1.29 is 22.8 Å². The molecule has 0 aromatic heterocycles. The predicted octanol–water partition coefficient (Wildman–Crippen LogP) is 3.06. The number of aryl methyl sites for hydroxylation is 1. The maximum Gasteiger partial charge on any atom is 0.573 e. The van der Waals surface area contributed by atoms with Crippen molar-refractivity contribution in [3.05, 3.63) is 33.9 Å². The van der Waals surface area contributed by atoms with Crippen molar-refractivity contribution in [2.75, 3.05) is 0 Å². The van der Waals surface area contributed by atoms with Gasteiger partial charge in [0.05, 0.1) is 11.0 Å². The van der Waals surface area contributed by atoms with Crippen molar-refractivity contribution >= 4 is 5.69 Å². The third-order valence-corrected chi connectivity index (χ3v) is 1.87. The van der Waals surface area contributed by atoms with Crippen LogP contribution < -0.4 is 4.74 Å². The summed E-state index contributed by atoms with van der Waals surface area (Å²) < 4.78 is 39.2. The molecule has 1 rings (SSSR count). The Morgan fingerprint density at radius 1 is 1.44 bits per heavy atom. The summed E-state index contributed by atoms with van der Waals surface area (Å²) in [7, 11) is 0. The molecule has 0 N–H and O–H groups in total. The summed E-state index contributed by atoms with van der Waals surface area (Å²) in [5.41, 5.74) is -0.0104. The largest absolute Gasteiger partial charge is 0.573 e. The van der Waals surface area contributed by atoms with Crippen LogP contribution in [0.3, 0.4) is 0 Å². The number of hydrogen-bond acceptors (Lipinski definition) is 3. The van der Waals surface area contributed by atoms with Crippen molar-refractivity contribution in [2.24, 2.45) is 0 Å². The molecular formula is C9H8F3NO3. The summed E-state index contributed by atoms with van der Waals surface area (Å²) >= 11 is 0. The van der Waals surface area contributed by atoms with E-state index in [1.807, 2.05) is 0 Å². The second kappa shape index (κ2) is 4.38. The Morgan fingerprint density at radius 2 is 2.06 bits per heavy atom. The summed E-state index contributed by atoms with van der Waals surface area (Å²) in [4.78, 5) is 9.83. The van der Waals surface area contributed by atoms with Crippen LogP contribution in [0.4, 0.5) is 18.9 Å². The van der Waals surface area contributed by atoms with Gasteiger partial charge in [-0.15, -0.1) is 13.2 Å². The molecule has 0 radical (unpaired) electrons. The van der Waals surface area contributed by atoms with E-state index in [1.54, 1.807) is 6.92 Å². The third kappa shape index (κ3) is 3.11. The van der Waals surface area contributed by atoms with E-state index >= 15 is 0 Å². The fourth-order valence-electron chi connectivity index (χ4n) is 1.21. The van der Waals surface area contributed by atoms with Crippen molar-refractivity contribution in [2.45, 2.75) is 19.7 Å². The number of nitro benzene ring substituents is 1. The Morgan fingerprint density at radius 3 is 2.50 bits per heavy atom. The summed E-state index contributed by atoms with van der Waals surface area (Å²) in [6.07, 6.45) is -4.48. The van der Waals surface area contributed by atoms with Gasteiger partial charge >= 0.3 is 6.36 Å².